The van der Waals surface area contributed by atoms with Gasteiger partial charge in [-0.05, 0) is 25.4 Å². The van der Waals surface area contributed by atoms with E-state index in [1.807, 2.05) is 6.26 Å². The summed E-state index contributed by atoms with van der Waals surface area (Å²) in [6, 6.07) is 3.14. The molecule has 0 spiro atoms. The van der Waals surface area contributed by atoms with Crippen molar-refractivity contribution in [3.8, 4) is 5.69 Å². The number of benzene rings is 1. The van der Waals surface area contributed by atoms with Crippen LogP contribution in [0, 0.1) is 0 Å². The first-order valence-electron chi connectivity index (χ1n) is 6.81. The average molecular weight is 441 g/mol. The normalized spacial score (nSPS) is 10.9. The summed E-state index contributed by atoms with van der Waals surface area (Å²) in [4.78, 5) is 19.7. The van der Waals surface area contributed by atoms with Gasteiger partial charge in [0.15, 0.2) is 5.65 Å². The van der Waals surface area contributed by atoms with Crippen LogP contribution in [-0.4, -0.2) is 33.1 Å². The van der Waals surface area contributed by atoms with Gasteiger partial charge in [-0.25, -0.2) is 9.67 Å². The minimum Gasteiger partial charge on any atom is -0.313 e. The highest BCUT2D eigenvalue weighted by molar-refractivity contribution is 7.98. The van der Waals surface area contributed by atoms with Crippen LogP contribution in [0.5, 0.6) is 0 Å². The molecule has 2 N–H and O–H groups in total. The maximum Gasteiger partial charge on any atom is 0.263 e. The van der Waals surface area contributed by atoms with Gasteiger partial charge >= 0.3 is 0 Å². The van der Waals surface area contributed by atoms with Gasteiger partial charge in [-0.15, -0.1) is 24.2 Å². The van der Waals surface area contributed by atoms with E-state index in [0.29, 0.717) is 49.2 Å². The molecule has 3 aromatic rings. The molecule has 2 heterocycles. The largest absolute Gasteiger partial charge is 0.313 e. The molecule has 0 saturated carbocycles. The molecule has 2 aromatic heterocycles. The molecule has 0 aliphatic heterocycles. The van der Waals surface area contributed by atoms with E-state index in [-0.39, 0.29) is 18.0 Å². The van der Waals surface area contributed by atoms with Crippen molar-refractivity contribution in [1.29, 1.82) is 0 Å². The Morgan fingerprint density at radius 3 is 2.48 bits per heavy atom. The zero-order valence-corrected chi connectivity index (χ0v) is 17.0. The molecule has 0 radical (unpaired) electrons. The van der Waals surface area contributed by atoms with Crippen LogP contribution in [0.1, 0.15) is 5.82 Å². The summed E-state index contributed by atoms with van der Waals surface area (Å²) in [5.41, 5.74) is 0.558. The smallest absolute Gasteiger partial charge is 0.263 e. The molecule has 0 atom stereocenters. The topological polar surface area (TPSA) is 75.6 Å². The van der Waals surface area contributed by atoms with Crippen LogP contribution < -0.4 is 10.9 Å². The summed E-state index contributed by atoms with van der Waals surface area (Å²) in [6.07, 6.45) is 1.83. The number of fused-ring (bicyclic) bond motifs is 1. The van der Waals surface area contributed by atoms with Crippen molar-refractivity contribution >= 4 is 70.0 Å². The lowest BCUT2D eigenvalue weighted by atomic mass is 10.3. The first-order chi connectivity index (χ1) is 11.5. The predicted octanol–water partition coefficient (Wildman–Crippen LogP) is 3.93. The maximum absolute atomic E-state index is 12.4. The third-order valence-electron chi connectivity index (χ3n) is 3.29. The third-order valence-corrected chi connectivity index (χ3v) is 4.75. The van der Waals surface area contributed by atoms with Gasteiger partial charge in [0, 0.05) is 5.02 Å². The molecule has 0 bridgehead atoms. The molecule has 0 unspecified atom stereocenters. The Morgan fingerprint density at radius 1 is 1.28 bits per heavy atom. The molecule has 0 aliphatic carbocycles. The monoisotopic (exact) mass is 439 g/mol. The van der Waals surface area contributed by atoms with Crippen LogP contribution in [0.2, 0.25) is 15.1 Å². The molecule has 0 aliphatic rings. The highest BCUT2D eigenvalue weighted by Gasteiger charge is 2.21. The number of nitrogens with one attached hydrogen (secondary N) is 2. The van der Waals surface area contributed by atoms with Crippen LogP contribution in [0.3, 0.4) is 0 Å². The standard InChI is InChI=1S/C14H12Cl3N5OS.ClH/c1-18-5-9-19-12-10(13(23)20-9)14(24-2)21-22(12)11-7(16)3-6(15)4-8(11)17;/h3-4,18H,5H2,1-2H3,(H,19,20,23);1H. The predicted molar refractivity (Wildman–Crippen MR) is 106 cm³/mol. The van der Waals surface area contributed by atoms with Crippen LogP contribution in [-0.2, 0) is 6.54 Å². The number of H-pyrrole nitrogens is 1. The van der Waals surface area contributed by atoms with Crippen LogP contribution >= 0.6 is 59.0 Å². The van der Waals surface area contributed by atoms with Gasteiger partial charge in [-0.2, -0.15) is 5.10 Å². The molecule has 0 saturated heterocycles. The fourth-order valence-electron chi connectivity index (χ4n) is 2.33. The zero-order valence-electron chi connectivity index (χ0n) is 13.1. The van der Waals surface area contributed by atoms with Crippen molar-refractivity contribution in [1.82, 2.24) is 25.1 Å². The summed E-state index contributed by atoms with van der Waals surface area (Å²) in [5, 5.41) is 9.39. The Labute approximate surface area is 168 Å². The second-order valence-corrected chi connectivity index (χ2v) is 6.93. The SMILES string of the molecule is CNCc1nc2c(c(SC)nn2-c2c(Cl)cc(Cl)cc2Cl)c(=O)[nH]1.Cl. The van der Waals surface area contributed by atoms with E-state index in [0.717, 1.165) is 0 Å². The van der Waals surface area contributed by atoms with Crippen molar-refractivity contribution in [2.24, 2.45) is 0 Å². The van der Waals surface area contributed by atoms with Crippen molar-refractivity contribution in [3.63, 3.8) is 0 Å². The molecule has 0 amide bonds. The highest BCUT2D eigenvalue weighted by Crippen LogP contribution is 2.34. The van der Waals surface area contributed by atoms with Crippen molar-refractivity contribution in [3.05, 3.63) is 43.4 Å². The summed E-state index contributed by atoms with van der Waals surface area (Å²) in [5.74, 6) is 0.491. The van der Waals surface area contributed by atoms with Gasteiger partial charge in [0.1, 0.15) is 21.9 Å². The molecular weight excluding hydrogens is 428 g/mol. The number of nitrogens with zero attached hydrogens (tertiary/aromatic N) is 3. The number of halogens is 4. The van der Waals surface area contributed by atoms with Gasteiger partial charge in [0.2, 0.25) is 0 Å². The third kappa shape index (κ3) is 3.77. The van der Waals surface area contributed by atoms with Crippen molar-refractivity contribution < 1.29 is 0 Å². The molecule has 11 heteroatoms. The minimum atomic E-state index is -0.262. The molecule has 3 rings (SSSR count). The minimum absolute atomic E-state index is 0. The Bertz CT molecular complexity index is 964. The van der Waals surface area contributed by atoms with E-state index >= 15 is 0 Å². The fourth-order valence-corrected chi connectivity index (χ4v) is 3.86. The number of thioether (sulfide) groups is 1. The summed E-state index contributed by atoms with van der Waals surface area (Å²) in [6.45, 7) is 0.410. The van der Waals surface area contributed by atoms with Gasteiger partial charge in [0.05, 0.1) is 16.6 Å². The van der Waals surface area contributed by atoms with E-state index in [1.54, 1.807) is 19.2 Å². The van der Waals surface area contributed by atoms with E-state index in [4.69, 9.17) is 34.8 Å². The van der Waals surface area contributed by atoms with E-state index in [1.165, 1.54) is 16.4 Å². The number of hydrogen-bond acceptors (Lipinski definition) is 5. The number of aromatic amines is 1. The maximum atomic E-state index is 12.4. The molecule has 1 aromatic carbocycles. The number of aromatic nitrogens is 4. The second kappa shape index (κ2) is 8.16. The Kier molecular flexibility index (Phi) is 6.64. The molecule has 134 valence electrons. The van der Waals surface area contributed by atoms with Gasteiger partial charge in [-0.1, -0.05) is 34.8 Å². The van der Waals surface area contributed by atoms with Crippen molar-refractivity contribution in [2.45, 2.75) is 11.6 Å². The summed E-state index contributed by atoms with van der Waals surface area (Å²) in [7, 11) is 1.77. The van der Waals surface area contributed by atoms with Crippen LogP contribution in [0.25, 0.3) is 16.7 Å². The highest BCUT2D eigenvalue weighted by atomic mass is 35.5. The van der Waals surface area contributed by atoms with Crippen LogP contribution in [0.15, 0.2) is 22.0 Å². The molecular formula is C14H13Cl4N5OS. The van der Waals surface area contributed by atoms with Crippen molar-refractivity contribution in [2.75, 3.05) is 13.3 Å². The molecule has 0 fully saturated rings. The Morgan fingerprint density at radius 2 is 1.92 bits per heavy atom. The van der Waals surface area contributed by atoms with E-state index in [9.17, 15) is 4.79 Å². The zero-order chi connectivity index (χ0) is 17.4. The summed E-state index contributed by atoms with van der Waals surface area (Å²) >= 11 is 19.9. The Hall–Kier alpha value is -0.960. The van der Waals surface area contributed by atoms with Gasteiger partial charge < -0.3 is 10.3 Å². The van der Waals surface area contributed by atoms with E-state index < -0.39 is 0 Å². The average Bonchev–Trinajstić information content (AvgIpc) is 2.86. The number of hydrogen-bond donors (Lipinski definition) is 2. The van der Waals surface area contributed by atoms with Crippen LogP contribution in [0.4, 0.5) is 0 Å². The van der Waals surface area contributed by atoms with Gasteiger partial charge in [-0.3, -0.25) is 4.79 Å². The summed E-state index contributed by atoms with van der Waals surface area (Å²) < 4.78 is 1.48. The van der Waals surface area contributed by atoms with Gasteiger partial charge in [0.25, 0.3) is 5.56 Å². The quantitative estimate of drug-likeness (QED) is 0.601. The first kappa shape index (κ1) is 20.4. The number of rotatable bonds is 4. The molecule has 25 heavy (non-hydrogen) atoms. The Balaban J connectivity index is 0.00000225. The second-order valence-electron chi connectivity index (χ2n) is 4.88. The molecule has 6 nitrogen and oxygen atoms in total. The first-order valence-corrected chi connectivity index (χ1v) is 9.17. The lowest BCUT2D eigenvalue weighted by Crippen LogP contribution is -2.17. The lowest BCUT2D eigenvalue weighted by molar-refractivity contribution is 0.754. The fraction of sp³-hybridized carbons (Fsp3) is 0.214. The van der Waals surface area contributed by atoms with E-state index in [2.05, 4.69) is 20.4 Å². The lowest BCUT2D eigenvalue weighted by Gasteiger charge is -2.09.